The summed E-state index contributed by atoms with van der Waals surface area (Å²) in [5.41, 5.74) is 1.05. The molecule has 0 aromatic heterocycles. The Balaban J connectivity index is 2.23. The summed E-state index contributed by atoms with van der Waals surface area (Å²) >= 11 is 5.80. The third kappa shape index (κ3) is 2.74. The Morgan fingerprint density at radius 2 is 2.00 bits per heavy atom. The lowest BCUT2D eigenvalue weighted by Gasteiger charge is -2.19. The van der Waals surface area contributed by atoms with Crippen molar-refractivity contribution in [2.75, 3.05) is 0 Å². The summed E-state index contributed by atoms with van der Waals surface area (Å²) in [5.74, 6) is 0.458. The number of benzene rings is 1. The number of hydrogen-bond donors (Lipinski definition) is 1. The highest BCUT2D eigenvalue weighted by molar-refractivity contribution is 14.1. The first-order valence-electron chi connectivity index (χ1n) is 5.31. The van der Waals surface area contributed by atoms with E-state index in [2.05, 4.69) is 50.7 Å². The lowest BCUT2D eigenvalue weighted by molar-refractivity contribution is 0.111. The largest absolute Gasteiger partial charge is 0.388 e. The standard InChI is InChI=1S/C12H14BrIO/c13-11-6-5-9(14)7-10(11)12(15)8-3-1-2-4-8/h5-8,12,15H,1-4H2. The van der Waals surface area contributed by atoms with Gasteiger partial charge >= 0.3 is 0 Å². The Morgan fingerprint density at radius 3 is 2.67 bits per heavy atom. The minimum atomic E-state index is -0.295. The number of hydrogen-bond acceptors (Lipinski definition) is 1. The third-order valence-electron chi connectivity index (χ3n) is 3.12. The molecular weight excluding hydrogens is 367 g/mol. The fourth-order valence-corrected chi connectivity index (χ4v) is 3.26. The molecule has 0 saturated heterocycles. The predicted molar refractivity (Wildman–Crippen MR) is 73.8 cm³/mol. The summed E-state index contributed by atoms with van der Waals surface area (Å²) in [7, 11) is 0. The van der Waals surface area contributed by atoms with E-state index >= 15 is 0 Å². The Bertz CT molecular complexity index is 347. The Labute approximate surface area is 113 Å². The van der Waals surface area contributed by atoms with Gasteiger partial charge in [-0.2, -0.15) is 0 Å². The van der Waals surface area contributed by atoms with Gasteiger partial charge in [0.05, 0.1) is 6.10 Å². The van der Waals surface area contributed by atoms with E-state index in [4.69, 9.17) is 0 Å². The number of halogens is 2. The molecule has 0 amide bonds. The van der Waals surface area contributed by atoms with Gasteiger partial charge in [0.15, 0.2) is 0 Å². The maximum absolute atomic E-state index is 10.3. The first-order valence-corrected chi connectivity index (χ1v) is 7.18. The van der Waals surface area contributed by atoms with Crippen LogP contribution in [0.15, 0.2) is 22.7 Å². The molecule has 0 aliphatic heterocycles. The molecule has 0 heterocycles. The topological polar surface area (TPSA) is 20.2 Å². The highest BCUT2D eigenvalue weighted by Crippen LogP contribution is 2.38. The second-order valence-electron chi connectivity index (χ2n) is 4.16. The lowest BCUT2D eigenvalue weighted by Crippen LogP contribution is -2.09. The molecule has 1 N–H and O–H groups in total. The molecule has 3 heteroatoms. The smallest absolute Gasteiger partial charge is 0.0829 e. The van der Waals surface area contributed by atoms with Crippen LogP contribution in [0.3, 0.4) is 0 Å². The molecule has 2 rings (SSSR count). The summed E-state index contributed by atoms with van der Waals surface area (Å²) in [6.45, 7) is 0. The van der Waals surface area contributed by atoms with Gasteiger partial charge in [-0.25, -0.2) is 0 Å². The summed E-state index contributed by atoms with van der Waals surface area (Å²) in [4.78, 5) is 0. The SMILES string of the molecule is OC(c1cc(I)ccc1Br)C1CCCC1. The highest BCUT2D eigenvalue weighted by Gasteiger charge is 2.25. The van der Waals surface area contributed by atoms with Crippen LogP contribution in [0, 0.1) is 9.49 Å². The fraction of sp³-hybridized carbons (Fsp3) is 0.500. The van der Waals surface area contributed by atoms with Gasteiger partial charge in [0, 0.05) is 8.04 Å². The monoisotopic (exact) mass is 380 g/mol. The zero-order valence-electron chi connectivity index (χ0n) is 8.42. The van der Waals surface area contributed by atoms with Gasteiger partial charge in [0.1, 0.15) is 0 Å². The first kappa shape index (κ1) is 11.9. The molecule has 1 aliphatic carbocycles. The molecule has 1 unspecified atom stereocenters. The van der Waals surface area contributed by atoms with E-state index in [0.717, 1.165) is 10.0 Å². The van der Waals surface area contributed by atoms with Crippen LogP contribution < -0.4 is 0 Å². The molecule has 1 fully saturated rings. The summed E-state index contributed by atoms with van der Waals surface area (Å²) in [6.07, 6.45) is 4.57. The fourth-order valence-electron chi connectivity index (χ4n) is 2.27. The molecule has 1 aliphatic rings. The van der Waals surface area contributed by atoms with Crippen molar-refractivity contribution < 1.29 is 5.11 Å². The van der Waals surface area contributed by atoms with Crippen LogP contribution in [0.1, 0.15) is 37.4 Å². The number of aliphatic hydroxyl groups is 1. The van der Waals surface area contributed by atoms with Crippen LogP contribution in [0.2, 0.25) is 0 Å². The molecule has 1 nitrogen and oxygen atoms in total. The number of aliphatic hydroxyl groups excluding tert-OH is 1. The molecule has 1 saturated carbocycles. The molecule has 1 atom stereocenters. The molecular formula is C12H14BrIO. The highest BCUT2D eigenvalue weighted by atomic mass is 127. The van der Waals surface area contributed by atoms with E-state index in [0.29, 0.717) is 5.92 Å². The molecule has 0 spiro atoms. The van der Waals surface area contributed by atoms with Gasteiger partial charge in [0.2, 0.25) is 0 Å². The maximum atomic E-state index is 10.3. The van der Waals surface area contributed by atoms with Gasteiger partial charge in [-0.05, 0) is 65.1 Å². The molecule has 1 aromatic rings. The van der Waals surface area contributed by atoms with Crippen LogP contribution in [0.4, 0.5) is 0 Å². The molecule has 0 radical (unpaired) electrons. The van der Waals surface area contributed by atoms with Crippen molar-refractivity contribution in [1.82, 2.24) is 0 Å². The van der Waals surface area contributed by atoms with Crippen molar-refractivity contribution in [3.63, 3.8) is 0 Å². The van der Waals surface area contributed by atoms with Gasteiger partial charge in [-0.15, -0.1) is 0 Å². The van der Waals surface area contributed by atoms with Crippen LogP contribution >= 0.6 is 38.5 Å². The summed E-state index contributed by atoms with van der Waals surface area (Å²) < 4.78 is 2.21. The van der Waals surface area contributed by atoms with Crippen LogP contribution in [0.25, 0.3) is 0 Å². The first-order chi connectivity index (χ1) is 7.18. The normalized spacial score (nSPS) is 19.4. The van der Waals surface area contributed by atoms with Crippen molar-refractivity contribution in [1.29, 1.82) is 0 Å². The van der Waals surface area contributed by atoms with E-state index in [1.54, 1.807) is 0 Å². The van der Waals surface area contributed by atoms with Crippen molar-refractivity contribution in [2.45, 2.75) is 31.8 Å². The molecule has 1 aromatic carbocycles. The minimum Gasteiger partial charge on any atom is -0.388 e. The van der Waals surface area contributed by atoms with Gasteiger partial charge in [0.25, 0.3) is 0 Å². The van der Waals surface area contributed by atoms with Crippen LogP contribution in [-0.4, -0.2) is 5.11 Å². The summed E-state index contributed by atoms with van der Waals surface area (Å²) in [5, 5.41) is 10.3. The quantitative estimate of drug-likeness (QED) is 0.759. The van der Waals surface area contributed by atoms with E-state index < -0.39 is 0 Å². The van der Waals surface area contributed by atoms with Gasteiger partial charge in [-0.1, -0.05) is 28.8 Å². The van der Waals surface area contributed by atoms with Crippen molar-refractivity contribution >= 4 is 38.5 Å². The summed E-state index contributed by atoms with van der Waals surface area (Å²) in [6, 6.07) is 6.15. The van der Waals surface area contributed by atoms with Crippen LogP contribution in [-0.2, 0) is 0 Å². The third-order valence-corrected chi connectivity index (χ3v) is 4.52. The van der Waals surface area contributed by atoms with Gasteiger partial charge in [-0.3, -0.25) is 0 Å². The van der Waals surface area contributed by atoms with Crippen molar-refractivity contribution in [2.24, 2.45) is 5.92 Å². The Morgan fingerprint density at radius 1 is 1.33 bits per heavy atom. The zero-order chi connectivity index (χ0) is 10.8. The predicted octanol–water partition coefficient (Wildman–Crippen LogP) is 4.28. The molecule has 15 heavy (non-hydrogen) atoms. The maximum Gasteiger partial charge on any atom is 0.0829 e. The second-order valence-corrected chi connectivity index (χ2v) is 6.26. The average molecular weight is 381 g/mol. The molecule has 82 valence electrons. The van der Waals surface area contributed by atoms with Crippen molar-refractivity contribution in [3.8, 4) is 0 Å². The number of rotatable bonds is 2. The second kappa shape index (κ2) is 5.15. The zero-order valence-corrected chi connectivity index (χ0v) is 12.2. The Kier molecular flexibility index (Phi) is 4.07. The van der Waals surface area contributed by atoms with Crippen molar-refractivity contribution in [3.05, 3.63) is 31.8 Å². The average Bonchev–Trinajstić information content (AvgIpc) is 2.74. The van der Waals surface area contributed by atoms with Gasteiger partial charge < -0.3 is 5.11 Å². The lowest BCUT2D eigenvalue weighted by atomic mass is 9.94. The van der Waals surface area contributed by atoms with E-state index in [1.807, 2.05) is 6.07 Å². The van der Waals surface area contributed by atoms with Crippen LogP contribution in [0.5, 0.6) is 0 Å². The van der Waals surface area contributed by atoms with E-state index in [-0.39, 0.29) is 6.10 Å². The molecule has 0 bridgehead atoms. The minimum absolute atomic E-state index is 0.295. The van der Waals surface area contributed by atoms with E-state index in [9.17, 15) is 5.11 Å². The van der Waals surface area contributed by atoms with E-state index in [1.165, 1.54) is 29.3 Å². The Hall–Kier alpha value is 0.390.